The summed E-state index contributed by atoms with van der Waals surface area (Å²) in [5.74, 6) is 0.666. The molecule has 0 saturated carbocycles. The molecule has 1 aliphatic heterocycles. The standard InChI is InChI=1S/C7H11N3O3S/c1-14(11,12)10-3-2-6(4-10)7-8-5-13-9-7/h5-6H,2-4H2,1H3. The number of hydrogen-bond donors (Lipinski definition) is 0. The highest BCUT2D eigenvalue weighted by atomic mass is 32.2. The highest BCUT2D eigenvalue weighted by Crippen LogP contribution is 2.25. The summed E-state index contributed by atoms with van der Waals surface area (Å²) < 4.78 is 28.5. The summed E-state index contributed by atoms with van der Waals surface area (Å²) in [5.41, 5.74) is 0. The van der Waals surface area contributed by atoms with Crippen LogP contribution in [0.4, 0.5) is 0 Å². The molecule has 0 radical (unpaired) electrons. The van der Waals surface area contributed by atoms with E-state index in [1.807, 2.05) is 0 Å². The molecule has 6 nitrogen and oxygen atoms in total. The Morgan fingerprint density at radius 3 is 2.93 bits per heavy atom. The second-order valence-corrected chi connectivity index (χ2v) is 5.38. The van der Waals surface area contributed by atoms with Crippen molar-refractivity contribution in [1.29, 1.82) is 0 Å². The highest BCUT2D eigenvalue weighted by molar-refractivity contribution is 7.88. The van der Waals surface area contributed by atoms with Gasteiger partial charge >= 0.3 is 0 Å². The monoisotopic (exact) mass is 217 g/mol. The molecule has 2 rings (SSSR count). The van der Waals surface area contributed by atoms with Crippen LogP contribution in [0.1, 0.15) is 18.2 Å². The van der Waals surface area contributed by atoms with Crippen LogP contribution in [0, 0.1) is 0 Å². The molecule has 1 aromatic heterocycles. The van der Waals surface area contributed by atoms with Gasteiger partial charge in [-0.15, -0.1) is 0 Å². The van der Waals surface area contributed by atoms with Crippen LogP contribution in [0.3, 0.4) is 0 Å². The SMILES string of the molecule is CS(=O)(=O)N1CCC(c2ncon2)C1. The topological polar surface area (TPSA) is 76.3 Å². The van der Waals surface area contributed by atoms with Crippen molar-refractivity contribution in [2.45, 2.75) is 12.3 Å². The van der Waals surface area contributed by atoms with Crippen LogP contribution in [0.2, 0.25) is 0 Å². The third-order valence-electron chi connectivity index (χ3n) is 2.36. The van der Waals surface area contributed by atoms with E-state index in [1.54, 1.807) is 0 Å². The van der Waals surface area contributed by atoms with E-state index < -0.39 is 10.0 Å². The lowest BCUT2D eigenvalue weighted by molar-refractivity contribution is 0.403. The predicted molar refractivity (Wildman–Crippen MR) is 48.1 cm³/mol. The first-order valence-electron chi connectivity index (χ1n) is 4.29. The molecule has 1 saturated heterocycles. The fourth-order valence-electron chi connectivity index (χ4n) is 1.60. The maximum absolute atomic E-state index is 11.2. The Labute approximate surface area is 82.0 Å². The van der Waals surface area contributed by atoms with E-state index in [0.29, 0.717) is 18.9 Å². The molecular weight excluding hydrogens is 206 g/mol. The third kappa shape index (κ3) is 1.78. The molecule has 1 atom stereocenters. The van der Waals surface area contributed by atoms with Gasteiger partial charge in [0.1, 0.15) is 0 Å². The molecule has 0 N–H and O–H groups in total. The molecule has 1 fully saturated rings. The van der Waals surface area contributed by atoms with Crippen molar-refractivity contribution in [3.63, 3.8) is 0 Å². The molecule has 0 amide bonds. The molecule has 0 spiro atoms. The van der Waals surface area contributed by atoms with E-state index in [-0.39, 0.29) is 5.92 Å². The van der Waals surface area contributed by atoms with Gasteiger partial charge < -0.3 is 4.52 Å². The number of hydrogen-bond acceptors (Lipinski definition) is 5. The Morgan fingerprint density at radius 2 is 2.43 bits per heavy atom. The molecular formula is C7H11N3O3S. The minimum atomic E-state index is -3.08. The average Bonchev–Trinajstić information content (AvgIpc) is 2.73. The van der Waals surface area contributed by atoms with Crippen LogP contribution in [0.25, 0.3) is 0 Å². The molecule has 0 aromatic carbocycles. The zero-order valence-corrected chi connectivity index (χ0v) is 8.57. The normalized spacial score (nSPS) is 24.2. The Hall–Kier alpha value is -0.950. The maximum Gasteiger partial charge on any atom is 0.213 e. The summed E-state index contributed by atoms with van der Waals surface area (Å²) in [5, 5.41) is 3.71. The lowest BCUT2D eigenvalue weighted by Gasteiger charge is -2.11. The Morgan fingerprint density at radius 1 is 1.64 bits per heavy atom. The second kappa shape index (κ2) is 3.32. The fraction of sp³-hybridized carbons (Fsp3) is 0.714. The smallest absolute Gasteiger partial charge is 0.213 e. The molecule has 0 bridgehead atoms. The largest absolute Gasteiger partial charge is 0.343 e. The average molecular weight is 217 g/mol. The van der Waals surface area contributed by atoms with Crippen molar-refractivity contribution in [2.75, 3.05) is 19.3 Å². The van der Waals surface area contributed by atoms with Gasteiger partial charge in [-0.1, -0.05) is 5.16 Å². The van der Waals surface area contributed by atoms with Crippen molar-refractivity contribution in [1.82, 2.24) is 14.4 Å². The van der Waals surface area contributed by atoms with Gasteiger partial charge in [0.2, 0.25) is 16.4 Å². The number of sulfonamides is 1. The quantitative estimate of drug-likeness (QED) is 0.686. The van der Waals surface area contributed by atoms with Crippen LogP contribution < -0.4 is 0 Å². The first kappa shape index (κ1) is 9.60. The van der Waals surface area contributed by atoms with E-state index >= 15 is 0 Å². The van der Waals surface area contributed by atoms with E-state index in [4.69, 9.17) is 0 Å². The predicted octanol–water partition coefficient (Wildman–Crippen LogP) is -0.181. The molecule has 78 valence electrons. The minimum Gasteiger partial charge on any atom is -0.343 e. The maximum atomic E-state index is 11.2. The van der Waals surface area contributed by atoms with Gasteiger partial charge in [-0.2, -0.15) is 4.98 Å². The number of rotatable bonds is 2. The van der Waals surface area contributed by atoms with Crippen LogP contribution in [0.15, 0.2) is 10.9 Å². The number of aromatic nitrogens is 2. The summed E-state index contributed by atoms with van der Waals surface area (Å²) in [6.45, 7) is 0.996. The van der Waals surface area contributed by atoms with E-state index in [2.05, 4.69) is 14.7 Å². The fourth-order valence-corrected chi connectivity index (χ4v) is 2.49. The summed E-state index contributed by atoms with van der Waals surface area (Å²) >= 11 is 0. The van der Waals surface area contributed by atoms with Crippen LogP contribution in [-0.2, 0) is 10.0 Å². The van der Waals surface area contributed by atoms with E-state index in [1.165, 1.54) is 17.0 Å². The van der Waals surface area contributed by atoms with E-state index in [0.717, 1.165) is 6.42 Å². The van der Waals surface area contributed by atoms with Crippen LogP contribution in [0.5, 0.6) is 0 Å². The molecule has 1 aliphatic rings. The highest BCUT2D eigenvalue weighted by Gasteiger charge is 2.31. The molecule has 0 aliphatic carbocycles. The second-order valence-electron chi connectivity index (χ2n) is 3.40. The van der Waals surface area contributed by atoms with Gasteiger partial charge in [0.25, 0.3) is 0 Å². The Kier molecular flexibility index (Phi) is 2.28. The van der Waals surface area contributed by atoms with Gasteiger partial charge in [0.15, 0.2) is 5.82 Å². The van der Waals surface area contributed by atoms with Crippen LogP contribution in [-0.4, -0.2) is 42.2 Å². The van der Waals surface area contributed by atoms with Gasteiger partial charge in [-0.25, -0.2) is 12.7 Å². The summed E-state index contributed by atoms with van der Waals surface area (Å²) in [4.78, 5) is 3.92. The van der Waals surface area contributed by atoms with Gasteiger partial charge in [0, 0.05) is 19.0 Å². The van der Waals surface area contributed by atoms with Crippen LogP contribution >= 0.6 is 0 Å². The van der Waals surface area contributed by atoms with Crippen molar-refractivity contribution in [3.05, 3.63) is 12.2 Å². The third-order valence-corrected chi connectivity index (χ3v) is 3.63. The summed E-state index contributed by atoms with van der Waals surface area (Å²) in [6, 6.07) is 0. The Balaban J connectivity index is 2.10. The van der Waals surface area contributed by atoms with Crippen molar-refractivity contribution < 1.29 is 12.9 Å². The minimum absolute atomic E-state index is 0.0727. The molecule has 1 unspecified atom stereocenters. The zero-order valence-electron chi connectivity index (χ0n) is 7.75. The molecule has 14 heavy (non-hydrogen) atoms. The van der Waals surface area contributed by atoms with Crippen molar-refractivity contribution in [3.8, 4) is 0 Å². The van der Waals surface area contributed by atoms with Crippen molar-refractivity contribution in [2.24, 2.45) is 0 Å². The lowest BCUT2D eigenvalue weighted by atomic mass is 10.1. The Bertz CT molecular complexity index is 400. The summed E-state index contributed by atoms with van der Waals surface area (Å²) in [6.07, 6.45) is 3.23. The van der Waals surface area contributed by atoms with Crippen molar-refractivity contribution >= 4 is 10.0 Å². The lowest BCUT2D eigenvalue weighted by Crippen LogP contribution is -2.27. The van der Waals surface area contributed by atoms with Gasteiger partial charge in [-0.05, 0) is 6.42 Å². The van der Waals surface area contributed by atoms with Gasteiger partial charge in [-0.3, -0.25) is 0 Å². The number of nitrogens with zero attached hydrogens (tertiary/aromatic N) is 3. The first-order valence-corrected chi connectivity index (χ1v) is 6.13. The van der Waals surface area contributed by atoms with E-state index in [9.17, 15) is 8.42 Å². The zero-order chi connectivity index (χ0) is 10.2. The molecule has 1 aromatic rings. The van der Waals surface area contributed by atoms with Gasteiger partial charge in [0.05, 0.1) is 6.26 Å². The first-order chi connectivity index (χ1) is 6.57. The summed E-state index contributed by atoms with van der Waals surface area (Å²) in [7, 11) is -3.08. The molecule has 2 heterocycles. The molecule has 7 heteroatoms.